The van der Waals surface area contributed by atoms with E-state index in [1.807, 2.05) is 13.8 Å². The number of fused-ring (bicyclic) bond motifs is 1. The summed E-state index contributed by atoms with van der Waals surface area (Å²) >= 11 is 13.3. The average molecular weight is 497 g/mol. The summed E-state index contributed by atoms with van der Waals surface area (Å²) in [6.07, 6.45) is 2.05. The maximum absolute atomic E-state index is 12.6. The van der Waals surface area contributed by atoms with Crippen molar-refractivity contribution in [3.05, 3.63) is 55.4 Å². The van der Waals surface area contributed by atoms with Gasteiger partial charge in [-0.15, -0.1) is 11.3 Å². The number of amides is 2. The number of hydrazine groups is 1. The first-order valence-electron chi connectivity index (χ1n) is 9.87. The van der Waals surface area contributed by atoms with Gasteiger partial charge in [0.2, 0.25) is 11.8 Å². The highest BCUT2D eigenvalue weighted by Gasteiger charge is 2.13. The topological polar surface area (TPSA) is 102 Å². The van der Waals surface area contributed by atoms with Crippen molar-refractivity contribution in [2.24, 2.45) is 0 Å². The molecule has 0 fully saturated rings. The molecule has 0 radical (unpaired) electrons. The quantitative estimate of drug-likeness (QED) is 0.364. The highest BCUT2D eigenvalue weighted by molar-refractivity contribution is 7.18. The number of thiophene rings is 1. The van der Waals surface area contributed by atoms with E-state index in [1.165, 1.54) is 22.2 Å². The molecule has 0 spiro atoms. The molecule has 0 atom stereocenters. The molecule has 3 rings (SSSR count). The third-order valence-corrected chi connectivity index (χ3v) is 6.42. The van der Waals surface area contributed by atoms with Crippen LogP contribution in [-0.2, 0) is 16.1 Å². The zero-order valence-electron chi connectivity index (χ0n) is 17.5. The molecule has 2 N–H and O–H groups in total. The molecule has 1 aromatic carbocycles. The molecular formula is C21H22Cl2N4O4S. The number of nitrogens with zero attached hydrogens (tertiary/aromatic N) is 2. The zero-order chi connectivity index (χ0) is 23.3. The Balaban J connectivity index is 1.39. The van der Waals surface area contributed by atoms with E-state index in [0.717, 1.165) is 10.4 Å². The van der Waals surface area contributed by atoms with Gasteiger partial charge in [0.1, 0.15) is 10.6 Å². The second kappa shape index (κ2) is 10.8. The predicted octanol–water partition coefficient (Wildman–Crippen LogP) is 3.78. The monoisotopic (exact) mass is 496 g/mol. The highest BCUT2D eigenvalue weighted by Crippen LogP contribution is 2.27. The van der Waals surface area contributed by atoms with Crippen molar-refractivity contribution in [3.63, 3.8) is 0 Å². The van der Waals surface area contributed by atoms with Crippen LogP contribution >= 0.6 is 34.5 Å². The fraction of sp³-hybridized carbons (Fsp3) is 0.333. The third-order valence-electron chi connectivity index (χ3n) is 4.78. The zero-order valence-corrected chi connectivity index (χ0v) is 19.9. The molecule has 0 saturated heterocycles. The first-order valence-corrected chi connectivity index (χ1v) is 11.4. The molecule has 2 heterocycles. The normalized spacial score (nSPS) is 10.9. The SMILES string of the molecule is Cc1sc2ncn(CCC(=O)NNC(=O)CCCOc3ccc(Cl)cc3Cl)c(=O)c2c1C. The summed E-state index contributed by atoms with van der Waals surface area (Å²) in [6.45, 7) is 4.27. The van der Waals surface area contributed by atoms with Crippen LogP contribution in [0.1, 0.15) is 29.7 Å². The van der Waals surface area contributed by atoms with Crippen molar-refractivity contribution < 1.29 is 14.3 Å². The number of carbonyl (C=O) groups excluding carboxylic acids is 2. The van der Waals surface area contributed by atoms with Crippen LogP contribution in [0.3, 0.4) is 0 Å². The smallest absolute Gasteiger partial charge is 0.262 e. The lowest BCUT2D eigenvalue weighted by atomic mass is 10.2. The summed E-state index contributed by atoms with van der Waals surface area (Å²) in [5, 5.41) is 1.49. The molecule has 0 aliphatic rings. The van der Waals surface area contributed by atoms with E-state index in [1.54, 1.807) is 18.2 Å². The summed E-state index contributed by atoms with van der Waals surface area (Å²) in [4.78, 5) is 42.6. The van der Waals surface area contributed by atoms with Gasteiger partial charge in [-0.2, -0.15) is 0 Å². The van der Waals surface area contributed by atoms with Crippen molar-refractivity contribution in [1.82, 2.24) is 20.4 Å². The standard InChI is InChI=1S/C21H22Cl2N4O4S/c1-12-13(2)32-20-19(12)21(30)27(11-24-20)8-7-18(29)26-25-17(28)4-3-9-31-16-6-5-14(22)10-15(16)23/h5-6,10-11H,3-4,7-9H2,1-2H3,(H,25,28)(H,26,29). The minimum atomic E-state index is -0.409. The number of halogens is 2. The molecule has 2 aromatic heterocycles. The van der Waals surface area contributed by atoms with Gasteiger partial charge < -0.3 is 4.74 Å². The second-order valence-corrected chi connectivity index (χ2v) is 9.13. The van der Waals surface area contributed by atoms with Crippen molar-refractivity contribution in [3.8, 4) is 5.75 Å². The summed E-state index contributed by atoms with van der Waals surface area (Å²) in [7, 11) is 0. The van der Waals surface area contributed by atoms with Crippen LogP contribution < -0.4 is 21.1 Å². The Bertz CT molecular complexity index is 1210. The number of hydrogen-bond donors (Lipinski definition) is 2. The fourth-order valence-electron chi connectivity index (χ4n) is 2.92. The molecular weight excluding hydrogens is 475 g/mol. The van der Waals surface area contributed by atoms with Crippen LogP contribution in [0.4, 0.5) is 0 Å². The number of hydrogen-bond acceptors (Lipinski definition) is 6. The summed E-state index contributed by atoms with van der Waals surface area (Å²) < 4.78 is 6.92. The second-order valence-electron chi connectivity index (χ2n) is 7.08. The Morgan fingerprint density at radius 2 is 1.88 bits per heavy atom. The molecule has 0 aliphatic heterocycles. The molecule has 11 heteroatoms. The van der Waals surface area contributed by atoms with Gasteiger partial charge >= 0.3 is 0 Å². The van der Waals surface area contributed by atoms with Gasteiger partial charge in [-0.3, -0.25) is 29.8 Å². The Morgan fingerprint density at radius 1 is 1.16 bits per heavy atom. The summed E-state index contributed by atoms with van der Waals surface area (Å²) in [6, 6.07) is 4.89. The molecule has 0 unspecified atom stereocenters. The third kappa shape index (κ3) is 5.99. The van der Waals surface area contributed by atoms with E-state index in [0.29, 0.717) is 32.4 Å². The van der Waals surface area contributed by atoms with Crippen molar-refractivity contribution in [2.45, 2.75) is 39.7 Å². The Hall–Kier alpha value is -2.62. The van der Waals surface area contributed by atoms with Crippen LogP contribution in [0.2, 0.25) is 10.0 Å². The molecule has 0 aliphatic carbocycles. The highest BCUT2D eigenvalue weighted by atomic mass is 35.5. The van der Waals surface area contributed by atoms with Crippen LogP contribution in [-0.4, -0.2) is 28.0 Å². The predicted molar refractivity (Wildman–Crippen MR) is 125 cm³/mol. The maximum Gasteiger partial charge on any atom is 0.262 e. The van der Waals surface area contributed by atoms with E-state index in [9.17, 15) is 14.4 Å². The van der Waals surface area contributed by atoms with Crippen molar-refractivity contribution >= 4 is 56.6 Å². The lowest BCUT2D eigenvalue weighted by Gasteiger charge is -2.10. The van der Waals surface area contributed by atoms with Gasteiger partial charge in [-0.05, 0) is 44.0 Å². The number of ether oxygens (including phenoxy) is 1. The number of carbonyl (C=O) groups is 2. The molecule has 2 amide bonds. The van der Waals surface area contributed by atoms with Crippen LogP contribution in [0, 0.1) is 13.8 Å². The maximum atomic E-state index is 12.6. The molecule has 8 nitrogen and oxygen atoms in total. The molecule has 32 heavy (non-hydrogen) atoms. The Kier molecular flexibility index (Phi) is 8.11. The minimum Gasteiger partial charge on any atom is -0.492 e. The molecule has 0 saturated carbocycles. The van der Waals surface area contributed by atoms with E-state index in [2.05, 4.69) is 15.8 Å². The summed E-state index contributed by atoms with van der Waals surface area (Å²) in [5.41, 5.74) is 5.45. The molecule has 0 bridgehead atoms. The fourth-order valence-corrected chi connectivity index (χ4v) is 4.37. The van der Waals surface area contributed by atoms with Crippen LogP contribution in [0.15, 0.2) is 29.3 Å². The van der Waals surface area contributed by atoms with Gasteiger partial charge in [-0.1, -0.05) is 23.2 Å². The first kappa shape index (κ1) is 24.0. The van der Waals surface area contributed by atoms with Gasteiger partial charge in [0, 0.05) is 29.3 Å². The van der Waals surface area contributed by atoms with E-state index >= 15 is 0 Å². The Labute approximate surface area is 198 Å². The Morgan fingerprint density at radius 3 is 2.59 bits per heavy atom. The van der Waals surface area contributed by atoms with E-state index < -0.39 is 5.91 Å². The van der Waals surface area contributed by atoms with E-state index in [-0.39, 0.29) is 37.5 Å². The summed E-state index contributed by atoms with van der Waals surface area (Å²) in [5.74, 6) is -0.276. The number of aryl methyl sites for hydroxylation is 3. The van der Waals surface area contributed by atoms with Gasteiger partial charge in [-0.25, -0.2) is 4.98 Å². The molecule has 3 aromatic rings. The lowest BCUT2D eigenvalue weighted by Crippen LogP contribution is -2.42. The molecule has 170 valence electrons. The van der Waals surface area contributed by atoms with Crippen LogP contribution in [0.5, 0.6) is 5.75 Å². The lowest BCUT2D eigenvalue weighted by molar-refractivity contribution is -0.129. The van der Waals surface area contributed by atoms with Gasteiger partial charge in [0.25, 0.3) is 5.56 Å². The van der Waals surface area contributed by atoms with Crippen molar-refractivity contribution in [1.29, 1.82) is 0 Å². The number of aromatic nitrogens is 2. The largest absolute Gasteiger partial charge is 0.492 e. The number of rotatable bonds is 8. The number of nitrogens with one attached hydrogen (secondary N) is 2. The van der Waals surface area contributed by atoms with Crippen LogP contribution in [0.25, 0.3) is 10.2 Å². The van der Waals surface area contributed by atoms with Gasteiger partial charge in [0.15, 0.2) is 0 Å². The first-order chi connectivity index (χ1) is 15.3. The minimum absolute atomic E-state index is 0.0215. The average Bonchev–Trinajstić information content (AvgIpc) is 3.04. The van der Waals surface area contributed by atoms with E-state index in [4.69, 9.17) is 27.9 Å². The van der Waals surface area contributed by atoms with Crippen molar-refractivity contribution in [2.75, 3.05) is 6.61 Å². The number of benzene rings is 1. The van der Waals surface area contributed by atoms with Gasteiger partial charge in [0.05, 0.1) is 23.3 Å².